The summed E-state index contributed by atoms with van der Waals surface area (Å²) in [6.45, 7) is 0.820. The first-order valence-electron chi connectivity index (χ1n) is 6.60. The number of para-hydroxylation sites is 1. The van der Waals surface area contributed by atoms with Gasteiger partial charge in [-0.3, -0.25) is 0 Å². The van der Waals surface area contributed by atoms with E-state index in [0.29, 0.717) is 41.0 Å². The van der Waals surface area contributed by atoms with E-state index >= 15 is 0 Å². The minimum atomic E-state index is -0.171. The maximum absolute atomic E-state index is 9.30. The third-order valence-electron chi connectivity index (χ3n) is 2.80. The zero-order chi connectivity index (χ0) is 15.1. The third-order valence-corrected chi connectivity index (χ3v) is 3.30. The van der Waals surface area contributed by atoms with Crippen molar-refractivity contribution in [2.45, 2.75) is 13.0 Å². The second kappa shape index (κ2) is 8.13. The Morgan fingerprint density at radius 2 is 1.67 bits per heavy atom. The van der Waals surface area contributed by atoms with Crippen LogP contribution < -0.4 is 9.47 Å². The molecule has 2 rings (SSSR count). The summed E-state index contributed by atoms with van der Waals surface area (Å²) in [6, 6.07) is 12.8. The molecule has 0 unspecified atom stereocenters. The normalized spacial score (nSPS) is 10.4. The van der Waals surface area contributed by atoms with E-state index in [1.165, 1.54) is 0 Å². The molecule has 112 valence electrons. The zero-order valence-electron chi connectivity index (χ0n) is 11.4. The lowest BCUT2D eigenvalue weighted by molar-refractivity contribution is 0.236. The summed E-state index contributed by atoms with van der Waals surface area (Å²) in [5.41, 5.74) is 0.580. The van der Waals surface area contributed by atoms with Crippen molar-refractivity contribution < 1.29 is 14.6 Å². The van der Waals surface area contributed by atoms with E-state index in [2.05, 4.69) is 0 Å². The average Bonchev–Trinajstić information content (AvgIpc) is 2.49. The topological polar surface area (TPSA) is 38.7 Å². The average molecular weight is 327 g/mol. The van der Waals surface area contributed by atoms with Crippen LogP contribution in [0.1, 0.15) is 12.0 Å². The first-order chi connectivity index (χ1) is 10.2. The van der Waals surface area contributed by atoms with Gasteiger partial charge in [-0.2, -0.15) is 0 Å². The summed E-state index contributed by atoms with van der Waals surface area (Å²) in [5.74, 6) is 1.31. The van der Waals surface area contributed by atoms with Crippen molar-refractivity contribution in [2.24, 2.45) is 0 Å². The summed E-state index contributed by atoms with van der Waals surface area (Å²) >= 11 is 12.0. The van der Waals surface area contributed by atoms with Gasteiger partial charge in [-0.25, -0.2) is 0 Å². The lowest BCUT2D eigenvalue weighted by Crippen LogP contribution is -2.06. The predicted octanol–water partition coefficient (Wildman–Crippen LogP) is 4.33. The van der Waals surface area contributed by atoms with Crippen molar-refractivity contribution in [3.05, 3.63) is 58.1 Å². The van der Waals surface area contributed by atoms with Gasteiger partial charge in [0.15, 0.2) is 0 Å². The van der Waals surface area contributed by atoms with Gasteiger partial charge >= 0.3 is 0 Å². The molecule has 2 aromatic carbocycles. The largest absolute Gasteiger partial charge is 0.493 e. The summed E-state index contributed by atoms with van der Waals surface area (Å²) < 4.78 is 11.2. The molecule has 2 aromatic rings. The monoisotopic (exact) mass is 326 g/mol. The molecule has 0 heterocycles. The fourth-order valence-corrected chi connectivity index (χ4v) is 2.42. The van der Waals surface area contributed by atoms with Crippen molar-refractivity contribution in [1.29, 1.82) is 0 Å². The van der Waals surface area contributed by atoms with Crippen LogP contribution in [0.3, 0.4) is 0 Å². The van der Waals surface area contributed by atoms with Crippen molar-refractivity contribution >= 4 is 23.2 Å². The summed E-state index contributed by atoms with van der Waals surface area (Å²) in [4.78, 5) is 0. The van der Waals surface area contributed by atoms with Gasteiger partial charge in [-0.05, 0) is 24.3 Å². The first kappa shape index (κ1) is 16.0. The maximum atomic E-state index is 9.30. The predicted molar refractivity (Wildman–Crippen MR) is 84.4 cm³/mol. The molecule has 5 heteroatoms. The van der Waals surface area contributed by atoms with E-state index in [1.807, 2.05) is 30.3 Å². The highest BCUT2D eigenvalue weighted by molar-refractivity contribution is 6.35. The van der Waals surface area contributed by atoms with Crippen LogP contribution in [0.25, 0.3) is 0 Å². The van der Waals surface area contributed by atoms with Crippen LogP contribution in [0.15, 0.2) is 42.5 Å². The number of rotatable bonds is 7. The molecule has 1 N–H and O–H groups in total. The van der Waals surface area contributed by atoms with Gasteiger partial charge in [-0.1, -0.05) is 41.4 Å². The van der Waals surface area contributed by atoms with Crippen LogP contribution in [0, 0.1) is 0 Å². The highest BCUT2D eigenvalue weighted by atomic mass is 35.5. The van der Waals surface area contributed by atoms with E-state index in [-0.39, 0.29) is 6.61 Å². The molecule has 0 aromatic heterocycles. The van der Waals surface area contributed by atoms with Gasteiger partial charge < -0.3 is 14.6 Å². The van der Waals surface area contributed by atoms with Gasteiger partial charge in [0.25, 0.3) is 0 Å². The molecule has 0 atom stereocenters. The van der Waals surface area contributed by atoms with Crippen LogP contribution >= 0.6 is 23.2 Å². The van der Waals surface area contributed by atoms with Crippen LogP contribution in [0.5, 0.6) is 11.5 Å². The van der Waals surface area contributed by atoms with Gasteiger partial charge in [0.1, 0.15) is 11.5 Å². The van der Waals surface area contributed by atoms with Crippen molar-refractivity contribution in [3.63, 3.8) is 0 Å². The van der Waals surface area contributed by atoms with Crippen molar-refractivity contribution in [2.75, 3.05) is 13.2 Å². The van der Waals surface area contributed by atoms with Gasteiger partial charge in [-0.15, -0.1) is 0 Å². The summed E-state index contributed by atoms with van der Waals surface area (Å²) in [7, 11) is 0. The van der Waals surface area contributed by atoms with E-state index in [9.17, 15) is 5.11 Å². The maximum Gasteiger partial charge on any atom is 0.143 e. The Morgan fingerprint density at radius 1 is 0.952 bits per heavy atom. The highest BCUT2D eigenvalue weighted by Gasteiger charge is 2.10. The quantitative estimate of drug-likeness (QED) is 0.769. The van der Waals surface area contributed by atoms with Gasteiger partial charge in [0.2, 0.25) is 0 Å². The Kier molecular flexibility index (Phi) is 6.18. The van der Waals surface area contributed by atoms with Gasteiger partial charge in [0.05, 0.1) is 24.8 Å². The molecule has 0 fully saturated rings. The summed E-state index contributed by atoms with van der Waals surface area (Å²) in [6.07, 6.45) is 0.707. The van der Waals surface area contributed by atoms with E-state index in [1.54, 1.807) is 12.1 Å². The number of aliphatic hydroxyl groups is 1. The molecular formula is C16H16Cl2O3. The molecular weight excluding hydrogens is 311 g/mol. The Hall–Kier alpha value is -1.42. The van der Waals surface area contributed by atoms with E-state index < -0.39 is 0 Å². The molecule has 0 amide bonds. The lowest BCUT2D eigenvalue weighted by Gasteiger charge is -2.13. The minimum Gasteiger partial charge on any atom is -0.493 e. The number of aliphatic hydroxyl groups excluding tert-OH is 1. The van der Waals surface area contributed by atoms with Crippen molar-refractivity contribution in [1.82, 2.24) is 0 Å². The van der Waals surface area contributed by atoms with Crippen LogP contribution in [0.4, 0.5) is 0 Å². The molecule has 0 bridgehead atoms. The number of benzene rings is 2. The number of halogens is 2. The minimum absolute atomic E-state index is 0.171. The number of hydrogen-bond donors (Lipinski definition) is 1. The van der Waals surface area contributed by atoms with Crippen LogP contribution in [-0.2, 0) is 6.61 Å². The molecule has 0 aliphatic carbocycles. The van der Waals surface area contributed by atoms with Crippen LogP contribution in [0.2, 0.25) is 10.0 Å². The Morgan fingerprint density at radius 3 is 2.38 bits per heavy atom. The zero-order valence-corrected chi connectivity index (χ0v) is 12.9. The standard InChI is InChI=1S/C16H16Cl2O3/c17-13-9-12(11-19)16(15(18)10-13)21-8-4-7-20-14-5-2-1-3-6-14/h1-3,5-6,9-10,19H,4,7-8,11H2. The fourth-order valence-electron chi connectivity index (χ4n) is 1.83. The second-order valence-corrected chi connectivity index (χ2v) is 5.24. The number of ether oxygens (including phenoxy) is 2. The molecule has 21 heavy (non-hydrogen) atoms. The Bertz CT molecular complexity index is 573. The molecule has 0 saturated carbocycles. The Balaban J connectivity index is 1.81. The van der Waals surface area contributed by atoms with E-state index in [0.717, 1.165) is 5.75 Å². The smallest absolute Gasteiger partial charge is 0.143 e. The van der Waals surface area contributed by atoms with Crippen LogP contribution in [-0.4, -0.2) is 18.3 Å². The fraction of sp³-hybridized carbons (Fsp3) is 0.250. The lowest BCUT2D eigenvalue weighted by atomic mass is 10.2. The molecule has 3 nitrogen and oxygen atoms in total. The molecule has 0 aliphatic rings. The second-order valence-electron chi connectivity index (χ2n) is 4.40. The van der Waals surface area contributed by atoms with Crippen molar-refractivity contribution in [3.8, 4) is 11.5 Å². The highest BCUT2D eigenvalue weighted by Crippen LogP contribution is 2.32. The molecule has 0 saturated heterocycles. The van der Waals surface area contributed by atoms with E-state index in [4.69, 9.17) is 32.7 Å². The first-order valence-corrected chi connectivity index (χ1v) is 7.35. The Labute approximate surface area is 134 Å². The third kappa shape index (κ3) is 4.81. The molecule has 0 radical (unpaired) electrons. The SMILES string of the molecule is OCc1cc(Cl)cc(Cl)c1OCCCOc1ccccc1. The molecule has 0 spiro atoms. The summed E-state index contributed by atoms with van der Waals surface area (Å²) in [5, 5.41) is 10.2. The molecule has 0 aliphatic heterocycles. The number of hydrogen-bond acceptors (Lipinski definition) is 3. The van der Waals surface area contributed by atoms with Gasteiger partial charge in [0, 0.05) is 17.0 Å².